The number of carboxylic acid groups (broad SMARTS) is 1. The van der Waals surface area contributed by atoms with Gasteiger partial charge in [0.05, 0.1) is 5.02 Å². The van der Waals surface area contributed by atoms with Gasteiger partial charge in [-0.25, -0.2) is 4.79 Å². The molecule has 5 nitrogen and oxygen atoms in total. The maximum atomic E-state index is 12.6. The number of aromatic amines is 1. The zero-order chi connectivity index (χ0) is 16.4. The molecular weight excluding hydrogens is 329 g/mol. The molecule has 0 amide bonds. The lowest BCUT2D eigenvalue weighted by Gasteiger charge is -2.09. The van der Waals surface area contributed by atoms with Crippen molar-refractivity contribution in [3.8, 4) is 0 Å². The zero-order valence-electron chi connectivity index (χ0n) is 11.4. The van der Waals surface area contributed by atoms with Crippen LogP contribution in [-0.2, 0) is 6.42 Å². The highest BCUT2D eigenvalue weighted by atomic mass is 35.5. The van der Waals surface area contributed by atoms with Crippen LogP contribution in [0.2, 0.25) is 10.0 Å². The van der Waals surface area contributed by atoms with E-state index in [0.717, 1.165) is 6.07 Å². The standard InChI is InChI=1S/C15H11Cl2NO4/c1-2-12-9(6-10(15(21)22)14(20)18-12)13(19)8-4-3-7(16)5-11(8)17/h3-6H,2H2,1H3,(H,18,20)(H,21,22). The molecule has 2 aromatic rings. The molecule has 22 heavy (non-hydrogen) atoms. The maximum Gasteiger partial charge on any atom is 0.341 e. The average Bonchev–Trinajstić information content (AvgIpc) is 2.45. The molecule has 1 aromatic carbocycles. The monoisotopic (exact) mass is 339 g/mol. The number of halogens is 2. The van der Waals surface area contributed by atoms with Crippen LogP contribution in [0.25, 0.3) is 0 Å². The number of H-pyrrole nitrogens is 1. The fourth-order valence-corrected chi connectivity index (χ4v) is 2.52. The number of nitrogens with one attached hydrogen (secondary N) is 1. The molecule has 0 saturated heterocycles. The summed E-state index contributed by atoms with van der Waals surface area (Å²) in [6.45, 7) is 1.74. The van der Waals surface area contributed by atoms with E-state index in [1.165, 1.54) is 18.2 Å². The number of rotatable bonds is 4. The first-order valence-corrected chi connectivity index (χ1v) is 7.10. The number of hydrogen-bond acceptors (Lipinski definition) is 3. The summed E-state index contributed by atoms with van der Waals surface area (Å²) < 4.78 is 0. The van der Waals surface area contributed by atoms with Gasteiger partial charge < -0.3 is 10.1 Å². The number of carboxylic acids is 1. The second kappa shape index (κ2) is 6.34. The highest BCUT2D eigenvalue weighted by Crippen LogP contribution is 2.24. The van der Waals surface area contributed by atoms with Gasteiger partial charge in [-0.15, -0.1) is 0 Å². The lowest BCUT2D eigenvalue weighted by atomic mass is 9.99. The topological polar surface area (TPSA) is 87.2 Å². The van der Waals surface area contributed by atoms with Crippen molar-refractivity contribution in [2.45, 2.75) is 13.3 Å². The Morgan fingerprint density at radius 2 is 1.82 bits per heavy atom. The van der Waals surface area contributed by atoms with Crippen LogP contribution in [0.4, 0.5) is 0 Å². The fourth-order valence-electron chi connectivity index (χ4n) is 2.03. The number of pyridine rings is 1. The molecule has 7 heteroatoms. The van der Waals surface area contributed by atoms with Gasteiger partial charge in [-0.3, -0.25) is 9.59 Å². The third-order valence-electron chi connectivity index (χ3n) is 3.13. The lowest BCUT2D eigenvalue weighted by molar-refractivity contribution is 0.0695. The molecule has 0 aliphatic rings. The van der Waals surface area contributed by atoms with Crippen LogP contribution in [0.15, 0.2) is 29.1 Å². The Morgan fingerprint density at radius 3 is 2.36 bits per heavy atom. The van der Waals surface area contributed by atoms with Crippen molar-refractivity contribution >= 4 is 35.0 Å². The Balaban J connectivity index is 2.64. The van der Waals surface area contributed by atoms with Gasteiger partial charge in [0.25, 0.3) is 5.56 Å². The lowest BCUT2D eigenvalue weighted by Crippen LogP contribution is -2.22. The van der Waals surface area contributed by atoms with Crippen molar-refractivity contribution in [1.29, 1.82) is 0 Å². The number of carbonyl (C=O) groups is 2. The Labute approximate surface area is 135 Å². The van der Waals surface area contributed by atoms with E-state index in [1.807, 2.05) is 0 Å². The molecule has 2 rings (SSSR count). The van der Waals surface area contributed by atoms with Gasteiger partial charge in [0.1, 0.15) is 5.56 Å². The van der Waals surface area contributed by atoms with Gasteiger partial charge in [-0.2, -0.15) is 0 Å². The third kappa shape index (κ3) is 3.05. The first kappa shape index (κ1) is 16.3. The zero-order valence-corrected chi connectivity index (χ0v) is 13.0. The Bertz CT molecular complexity index is 827. The van der Waals surface area contributed by atoms with Crippen LogP contribution in [0.1, 0.15) is 38.9 Å². The Kier molecular flexibility index (Phi) is 4.68. The predicted octanol–water partition coefficient (Wildman–Crippen LogP) is 3.17. The molecule has 0 aliphatic heterocycles. The van der Waals surface area contributed by atoms with Crippen molar-refractivity contribution < 1.29 is 14.7 Å². The van der Waals surface area contributed by atoms with Crippen molar-refractivity contribution in [2.24, 2.45) is 0 Å². The molecule has 0 spiro atoms. The summed E-state index contributed by atoms with van der Waals surface area (Å²) in [4.78, 5) is 37.8. The molecule has 114 valence electrons. The van der Waals surface area contributed by atoms with E-state index in [9.17, 15) is 14.4 Å². The van der Waals surface area contributed by atoms with Crippen LogP contribution in [0.5, 0.6) is 0 Å². The molecule has 1 heterocycles. The molecule has 0 fully saturated rings. The van der Waals surface area contributed by atoms with Gasteiger partial charge in [0, 0.05) is 21.8 Å². The average molecular weight is 340 g/mol. The highest BCUT2D eigenvalue weighted by Gasteiger charge is 2.20. The van der Waals surface area contributed by atoms with E-state index in [2.05, 4.69) is 4.98 Å². The SMILES string of the molecule is CCc1[nH]c(=O)c(C(=O)O)cc1C(=O)c1ccc(Cl)cc1Cl. The van der Waals surface area contributed by atoms with Crippen LogP contribution in [-0.4, -0.2) is 21.8 Å². The summed E-state index contributed by atoms with van der Waals surface area (Å²) >= 11 is 11.8. The molecule has 0 aliphatic carbocycles. The number of hydrogen-bond donors (Lipinski definition) is 2. The third-order valence-corrected chi connectivity index (χ3v) is 3.67. The minimum Gasteiger partial charge on any atom is -0.477 e. The first-order chi connectivity index (χ1) is 10.3. The summed E-state index contributed by atoms with van der Waals surface area (Å²) in [5.41, 5.74) is -0.604. The summed E-state index contributed by atoms with van der Waals surface area (Å²) in [7, 11) is 0. The van der Waals surface area contributed by atoms with Crippen molar-refractivity contribution in [1.82, 2.24) is 4.98 Å². The molecule has 0 atom stereocenters. The van der Waals surface area contributed by atoms with Crippen LogP contribution in [0.3, 0.4) is 0 Å². The summed E-state index contributed by atoms with van der Waals surface area (Å²) in [6, 6.07) is 5.47. The number of ketones is 1. The van der Waals surface area contributed by atoms with E-state index < -0.39 is 22.9 Å². The van der Waals surface area contributed by atoms with E-state index in [1.54, 1.807) is 6.92 Å². The second-order valence-electron chi connectivity index (χ2n) is 4.52. The molecule has 2 N–H and O–H groups in total. The van der Waals surface area contributed by atoms with Gasteiger partial charge in [-0.1, -0.05) is 30.1 Å². The van der Waals surface area contributed by atoms with E-state index in [0.29, 0.717) is 17.1 Å². The van der Waals surface area contributed by atoms with Crippen LogP contribution >= 0.6 is 23.2 Å². The number of aromatic carboxylic acids is 1. The van der Waals surface area contributed by atoms with Crippen molar-refractivity contribution in [2.75, 3.05) is 0 Å². The predicted molar refractivity (Wildman–Crippen MR) is 83.3 cm³/mol. The number of carbonyl (C=O) groups excluding carboxylic acids is 1. The van der Waals surface area contributed by atoms with Gasteiger partial charge >= 0.3 is 5.97 Å². The normalized spacial score (nSPS) is 10.5. The molecule has 0 unspecified atom stereocenters. The number of aryl methyl sites for hydroxylation is 1. The summed E-state index contributed by atoms with van der Waals surface area (Å²) in [6.07, 6.45) is 0.363. The minimum atomic E-state index is -1.40. The number of benzene rings is 1. The van der Waals surface area contributed by atoms with Crippen LogP contribution in [0, 0.1) is 0 Å². The van der Waals surface area contributed by atoms with Crippen LogP contribution < -0.4 is 5.56 Å². The Morgan fingerprint density at radius 1 is 1.14 bits per heavy atom. The van der Waals surface area contributed by atoms with E-state index in [-0.39, 0.29) is 16.1 Å². The fraction of sp³-hybridized carbons (Fsp3) is 0.133. The largest absolute Gasteiger partial charge is 0.477 e. The Hall–Kier alpha value is -2.11. The van der Waals surface area contributed by atoms with Crippen molar-refractivity contribution in [3.63, 3.8) is 0 Å². The molecular formula is C15H11Cl2NO4. The van der Waals surface area contributed by atoms with E-state index in [4.69, 9.17) is 28.3 Å². The first-order valence-electron chi connectivity index (χ1n) is 6.34. The highest BCUT2D eigenvalue weighted by molar-refractivity contribution is 6.37. The van der Waals surface area contributed by atoms with Gasteiger partial charge in [0.15, 0.2) is 5.78 Å². The maximum absolute atomic E-state index is 12.6. The van der Waals surface area contributed by atoms with Gasteiger partial charge in [-0.05, 0) is 30.7 Å². The van der Waals surface area contributed by atoms with Gasteiger partial charge in [0.2, 0.25) is 0 Å². The molecule has 0 bridgehead atoms. The quantitative estimate of drug-likeness (QED) is 0.837. The smallest absolute Gasteiger partial charge is 0.341 e. The minimum absolute atomic E-state index is 0.101. The molecule has 0 radical (unpaired) electrons. The molecule has 0 saturated carbocycles. The number of aromatic nitrogens is 1. The summed E-state index contributed by atoms with van der Waals surface area (Å²) in [5, 5.41) is 9.56. The van der Waals surface area contributed by atoms with Crippen molar-refractivity contribution in [3.05, 3.63) is 67.0 Å². The molecule has 1 aromatic heterocycles. The summed E-state index contributed by atoms with van der Waals surface area (Å²) in [5.74, 6) is -1.88. The van der Waals surface area contributed by atoms with E-state index >= 15 is 0 Å². The second-order valence-corrected chi connectivity index (χ2v) is 5.36.